The lowest BCUT2D eigenvalue weighted by Gasteiger charge is -2.15. The lowest BCUT2D eigenvalue weighted by atomic mass is 9.98. The summed E-state index contributed by atoms with van der Waals surface area (Å²) in [5, 5.41) is 10.8. The monoisotopic (exact) mass is 315 g/mol. The number of thiophene rings is 1. The number of hydrogen-bond acceptors (Lipinski definition) is 3. The summed E-state index contributed by atoms with van der Waals surface area (Å²) < 4.78 is 0. The third-order valence-electron chi connectivity index (χ3n) is 4.03. The molecular weight excluding hydrogens is 298 g/mol. The molecule has 2 heterocycles. The number of rotatable bonds is 4. The number of benzene rings is 1. The van der Waals surface area contributed by atoms with E-state index in [0.717, 1.165) is 36.4 Å². The molecule has 4 nitrogen and oxygen atoms in total. The number of carboxylic acids is 1. The Kier molecular flexibility index (Phi) is 4.24. The molecule has 1 N–H and O–H groups in total. The summed E-state index contributed by atoms with van der Waals surface area (Å²) in [7, 11) is 0. The van der Waals surface area contributed by atoms with Gasteiger partial charge in [-0.05, 0) is 47.9 Å². The zero-order valence-corrected chi connectivity index (χ0v) is 12.9. The smallest absolute Gasteiger partial charge is 0.335 e. The molecule has 0 spiro atoms. The molecule has 0 bridgehead atoms. The van der Waals surface area contributed by atoms with Gasteiger partial charge < -0.3 is 10.0 Å². The maximum Gasteiger partial charge on any atom is 0.335 e. The van der Waals surface area contributed by atoms with Crippen molar-refractivity contribution in [1.29, 1.82) is 0 Å². The Labute approximate surface area is 133 Å². The van der Waals surface area contributed by atoms with Crippen LogP contribution in [0.25, 0.3) is 0 Å². The minimum absolute atomic E-state index is 0.124. The van der Waals surface area contributed by atoms with Gasteiger partial charge in [-0.1, -0.05) is 18.2 Å². The van der Waals surface area contributed by atoms with E-state index in [1.165, 1.54) is 11.3 Å². The van der Waals surface area contributed by atoms with Crippen LogP contribution in [0.3, 0.4) is 0 Å². The highest BCUT2D eigenvalue weighted by atomic mass is 32.1. The summed E-state index contributed by atoms with van der Waals surface area (Å²) in [5.74, 6) is -0.335. The predicted octanol–water partition coefficient (Wildman–Crippen LogP) is 3.15. The topological polar surface area (TPSA) is 57.6 Å². The van der Waals surface area contributed by atoms with Crippen molar-refractivity contribution < 1.29 is 14.7 Å². The summed E-state index contributed by atoms with van der Waals surface area (Å²) in [6, 6.07) is 10.8. The van der Waals surface area contributed by atoms with Crippen molar-refractivity contribution in [1.82, 2.24) is 4.90 Å². The zero-order valence-electron chi connectivity index (χ0n) is 12.1. The van der Waals surface area contributed by atoms with Gasteiger partial charge in [0.2, 0.25) is 0 Å². The first-order chi connectivity index (χ1) is 10.6. The van der Waals surface area contributed by atoms with Crippen LogP contribution >= 0.6 is 11.3 Å². The second-order valence-corrected chi connectivity index (χ2v) is 6.54. The molecule has 1 aromatic carbocycles. The van der Waals surface area contributed by atoms with Crippen LogP contribution in [-0.2, 0) is 6.42 Å². The SMILES string of the molecule is O=C(O)c1ccc(C[C@@H]2CCN(C(=O)c3cccs3)C2)cc1. The number of carbonyl (C=O) groups is 2. The summed E-state index contributed by atoms with van der Waals surface area (Å²) in [4.78, 5) is 25.9. The van der Waals surface area contributed by atoms with Crippen molar-refractivity contribution in [2.24, 2.45) is 5.92 Å². The molecule has 1 amide bonds. The fourth-order valence-electron chi connectivity index (χ4n) is 2.86. The van der Waals surface area contributed by atoms with Gasteiger partial charge in [0.25, 0.3) is 5.91 Å². The Bertz CT molecular complexity index is 664. The Hall–Kier alpha value is -2.14. The van der Waals surface area contributed by atoms with Gasteiger partial charge >= 0.3 is 5.97 Å². The molecule has 3 rings (SSSR count). The molecule has 0 aliphatic carbocycles. The van der Waals surface area contributed by atoms with Crippen LogP contribution < -0.4 is 0 Å². The van der Waals surface area contributed by atoms with Gasteiger partial charge in [-0.25, -0.2) is 4.79 Å². The number of carbonyl (C=O) groups excluding carboxylic acids is 1. The third-order valence-corrected chi connectivity index (χ3v) is 4.89. The number of carboxylic acid groups (broad SMARTS) is 1. The standard InChI is InChI=1S/C17H17NO3S/c19-16(15-2-1-9-22-15)18-8-7-13(11-18)10-12-3-5-14(6-4-12)17(20)21/h1-6,9,13H,7-8,10-11H2,(H,20,21)/t13-/m0/s1. The molecule has 0 saturated carbocycles. The molecule has 1 saturated heterocycles. The molecule has 114 valence electrons. The van der Waals surface area contributed by atoms with Gasteiger partial charge in [-0.3, -0.25) is 4.79 Å². The second kappa shape index (κ2) is 6.32. The van der Waals surface area contributed by atoms with Crippen molar-refractivity contribution >= 4 is 23.2 Å². The van der Waals surface area contributed by atoms with E-state index in [-0.39, 0.29) is 5.91 Å². The van der Waals surface area contributed by atoms with Crippen molar-refractivity contribution in [2.45, 2.75) is 12.8 Å². The minimum atomic E-state index is -0.903. The minimum Gasteiger partial charge on any atom is -0.478 e. The van der Waals surface area contributed by atoms with E-state index in [2.05, 4.69) is 0 Å². The molecule has 1 aromatic heterocycles. The normalized spacial score (nSPS) is 17.6. The van der Waals surface area contributed by atoms with Crippen LogP contribution in [0.5, 0.6) is 0 Å². The van der Waals surface area contributed by atoms with Gasteiger partial charge in [0.1, 0.15) is 0 Å². The Morgan fingerprint density at radius 1 is 1.23 bits per heavy atom. The molecule has 1 fully saturated rings. The first kappa shape index (κ1) is 14.8. The summed E-state index contributed by atoms with van der Waals surface area (Å²) >= 11 is 1.48. The van der Waals surface area contributed by atoms with Crippen LogP contribution in [0.1, 0.15) is 32.0 Å². The Morgan fingerprint density at radius 2 is 2.00 bits per heavy atom. The van der Waals surface area contributed by atoms with Crippen LogP contribution in [0.2, 0.25) is 0 Å². The zero-order chi connectivity index (χ0) is 15.5. The predicted molar refractivity (Wildman–Crippen MR) is 85.4 cm³/mol. The number of aromatic carboxylic acids is 1. The maximum absolute atomic E-state index is 12.3. The van der Waals surface area contributed by atoms with Crippen molar-refractivity contribution in [2.75, 3.05) is 13.1 Å². The third kappa shape index (κ3) is 3.20. The summed E-state index contributed by atoms with van der Waals surface area (Å²) in [6.07, 6.45) is 1.88. The van der Waals surface area contributed by atoms with E-state index >= 15 is 0 Å². The van der Waals surface area contributed by atoms with Crippen molar-refractivity contribution in [3.8, 4) is 0 Å². The quantitative estimate of drug-likeness (QED) is 0.943. The van der Waals surface area contributed by atoms with Gasteiger partial charge in [0.05, 0.1) is 10.4 Å². The maximum atomic E-state index is 12.3. The van der Waals surface area contributed by atoms with Gasteiger partial charge in [-0.2, -0.15) is 0 Å². The summed E-state index contributed by atoms with van der Waals surface area (Å²) in [6.45, 7) is 1.58. The molecule has 1 atom stereocenters. The van der Waals surface area contributed by atoms with Crippen LogP contribution in [-0.4, -0.2) is 35.0 Å². The Morgan fingerprint density at radius 3 is 2.64 bits per heavy atom. The van der Waals surface area contributed by atoms with Gasteiger partial charge in [0, 0.05) is 13.1 Å². The van der Waals surface area contributed by atoms with Gasteiger partial charge in [0.15, 0.2) is 0 Å². The summed E-state index contributed by atoms with van der Waals surface area (Å²) in [5.41, 5.74) is 1.44. The average molecular weight is 315 g/mol. The number of nitrogens with zero attached hydrogens (tertiary/aromatic N) is 1. The number of likely N-dealkylation sites (tertiary alicyclic amines) is 1. The van der Waals surface area contributed by atoms with E-state index in [0.29, 0.717) is 11.5 Å². The lowest BCUT2D eigenvalue weighted by Crippen LogP contribution is -2.28. The van der Waals surface area contributed by atoms with Crippen LogP contribution in [0.4, 0.5) is 0 Å². The molecule has 1 aliphatic heterocycles. The fourth-order valence-corrected chi connectivity index (χ4v) is 3.55. The van der Waals surface area contributed by atoms with Gasteiger partial charge in [-0.15, -0.1) is 11.3 Å². The van der Waals surface area contributed by atoms with E-state index in [9.17, 15) is 9.59 Å². The molecular formula is C17H17NO3S. The van der Waals surface area contributed by atoms with Crippen LogP contribution in [0, 0.1) is 5.92 Å². The highest BCUT2D eigenvalue weighted by Gasteiger charge is 2.27. The fraction of sp³-hybridized carbons (Fsp3) is 0.294. The molecule has 22 heavy (non-hydrogen) atoms. The highest BCUT2D eigenvalue weighted by Crippen LogP contribution is 2.24. The Balaban J connectivity index is 1.59. The molecule has 2 aromatic rings. The molecule has 5 heteroatoms. The first-order valence-corrected chi connectivity index (χ1v) is 8.16. The highest BCUT2D eigenvalue weighted by molar-refractivity contribution is 7.12. The van der Waals surface area contributed by atoms with E-state index < -0.39 is 5.97 Å². The number of amides is 1. The lowest BCUT2D eigenvalue weighted by molar-refractivity contribution is 0.0696. The van der Waals surface area contributed by atoms with E-state index in [1.54, 1.807) is 12.1 Å². The van der Waals surface area contributed by atoms with E-state index in [1.807, 2.05) is 34.5 Å². The number of hydrogen-bond donors (Lipinski definition) is 1. The van der Waals surface area contributed by atoms with Crippen molar-refractivity contribution in [3.05, 3.63) is 57.8 Å². The van der Waals surface area contributed by atoms with E-state index in [4.69, 9.17) is 5.11 Å². The molecule has 0 radical (unpaired) electrons. The van der Waals surface area contributed by atoms with Crippen molar-refractivity contribution in [3.63, 3.8) is 0 Å². The second-order valence-electron chi connectivity index (χ2n) is 5.59. The molecule has 1 aliphatic rings. The largest absolute Gasteiger partial charge is 0.478 e. The first-order valence-electron chi connectivity index (χ1n) is 7.28. The molecule has 0 unspecified atom stereocenters. The van der Waals surface area contributed by atoms with Crippen LogP contribution in [0.15, 0.2) is 41.8 Å². The average Bonchev–Trinajstić information content (AvgIpc) is 3.19.